The van der Waals surface area contributed by atoms with Crippen LogP contribution in [0.15, 0.2) is 23.8 Å². The molecule has 7 atom stereocenters. The zero-order valence-corrected chi connectivity index (χ0v) is 13.8. The summed E-state index contributed by atoms with van der Waals surface area (Å²) in [7, 11) is 0. The van der Waals surface area contributed by atoms with Crippen molar-refractivity contribution in [3.05, 3.63) is 23.8 Å². The first-order valence-electron chi connectivity index (χ1n) is 9.08. The Kier molecular flexibility index (Phi) is 3.38. The van der Waals surface area contributed by atoms with Crippen molar-refractivity contribution in [3.8, 4) is 0 Å². The summed E-state index contributed by atoms with van der Waals surface area (Å²) in [5.74, 6) is 3.69. The third-order valence-electron chi connectivity index (χ3n) is 7.46. The lowest BCUT2D eigenvalue weighted by Gasteiger charge is -2.58. The molecule has 120 valence electrons. The Morgan fingerprint density at radius 2 is 2.14 bits per heavy atom. The van der Waals surface area contributed by atoms with E-state index in [2.05, 4.69) is 19.9 Å². The van der Waals surface area contributed by atoms with Crippen LogP contribution in [0.1, 0.15) is 52.4 Å². The van der Waals surface area contributed by atoms with E-state index in [4.69, 9.17) is 0 Å². The maximum Gasteiger partial charge on any atom is 0.155 e. The number of allylic oxidation sites excluding steroid dienone is 3. The molecule has 0 aliphatic heterocycles. The standard InChI is InChI=1S/C20H28O2/c1-12-10-13-11-14(21)6-7-15(13)16-8-9-20(2)17(19(12)16)4-3-5-18(20)22/h3,5,11-12,15-19,22H,4,6-10H2,1-2H3/t12-,15?,16?,17?,18?,19?,20?/m1/s1. The van der Waals surface area contributed by atoms with E-state index in [-0.39, 0.29) is 11.5 Å². The second-order valence-electron chi connectivity index (χ2n) is 8.51. The van der Waals surface area contributed by atoms with Crippen LogP contribution < -0.4 is 0 Å². The lowest BCUT2D eigenvalue weighted by Crippen LogP contribution is -2.54. The van der Waals surface area contributed by atoms with Gasteiger partial charge in [-0.05, 0) is 67.8 Å². The normalized spacial score (nSPS) is 50.7. The minimum Gasteiger partial charge on any atom is -0.388 e. The Balaban J connectivity index is 1.69. The van der Waals surface area contributed by atoms with Gasteiger partial charge in [-0.15, -0.1) is 0 Å². The van der Waals surface area contributed by atoms with Gasteiger partial charge in [0.05, 0.1) is 6.10 Å². The smallest absolute Gasteiger partial charge is 0.155 e. The highest BCUT2D eigenvalue weighted by Crippen LogP contribution is 2.61. The highest BCUT2D eigenvalue weighted by molar-refractivity contribution is 5.91. The average molecular weight is 300 g/mol. The predicted octanol–water partition coefficient (Wildman–Crippen LogP) is 3.90. The molecule has 0 saturated heterocycles. The van der Waals surface area contributed by atoms with Crippen LogP contribution in [0.2, 0.25) is 0 Å². The topological polar surface area (TPSA) is 37.3 Å². The Morgan fingerprint density at radius 1 is 1.32 bits per heavy atom. The molecule has 2 fully saturated rings. The Bertz CT molecular complexity index is 546. The van der Waals surface area contributed by atoms with Gasteiger partial charge in [-0.1, -0.05) is 31.6 Å². The predicted molar refractivity (Wildman–Crippen MR) is 87.2 cm³/mol. The van der Waals surface area contributed by atoms with Gasteiger partial charge in [-0.25, -0.2) is 0 Å². The van der Waals surface area contributed by atoms with E-state index >= 15 is 0 Å². The van der Waals surface area contributed by atoms with E-state index < -0.39 is 0 Å². The zero-order chi connectivity index (χ0) is 15.5. The molecule has 22 heavy (non-hydrogen) atoms. The molecule has 0 aromatic carbocycles. The van der Waals surface area contributed by atoms with Gasteiger partial charge in [0, 0.05) is 11.8 Å². The van der Waals surface area contributed by atoms with Crippen LogP contribution in [0.25, 0.3) is 0 Å². The summed E-state index contributed by atoms with van der Waals surface area (Å²) in [6, 6.07) is 0. The third-order valence-corrected chi connectivity index (χ3v) is 7.46. The van der Waals surface area contributed by atoms with Crippen molar-refractivity contribution in [1.29, 1.82) is 0 Å². The first-order chi connectivity index (χ1) is 10.5. The first-order valence-corrected chi connectivity index (χ1v) is 9.08. The van der Waals surface area contributed by atoms with Crippen LogP contribution in [-0.2, 0) is 4.79 Å². The van der Waals surface area contributed by atoms with Crippen LogP contribution in [0.3, 0.4) is 0 Å². The lowest BCUT2D eigenvalue weighted by molar-refractivity contribution is -0.117. The van der Waals surface area contributed by atoms with E-state index in [0.29, 0.717) is 29.5 Å². The van der Waals surface area contributed by atoms with Gasteiger partial charge in [0.2, 0.25) is 0 Å². The maximum atomic E-state index is 11.8. The molecule has 2 heteroatoms. The van der Waals surface area contributed by atoms with Crippen molar-refractivity contribution in [3.63, 3.8) is 0 Å². The largest absolute Gasteiger partial charge is 0.388 e. The van der Waals surface area contributed by atoms with Gasteiger partial charge in [0.15, 0.2) is 5.78 Å². The van der Waals surface area contributed by atoms with Gasteiger partial charge in [-0.2, -0.15) is 0 Å². The molecule has 0 radical (unpaired) electrons. The van der Waals surface area contributed by atoms with Gasteiger partial charge in [-0.3, -0.25) is 4.79 Å². The molecule has 4 aliphatic rings. The van der Waals surface area contributed by atoms with Crippen molar-refractivity contribution >= 4 is 5.78 Å². The summed E-state index contributed by atoms with van der Waals surface area (Å²) in [6.07, 6.45) is 12.3. The summed E-state index contributed by atoms with van der Waals surface area (Å²) in [5.41, 5.74) is 1.51. The van der Waals surface area contributed by atoms with Crippen LogP contribution in [-0.4, -0.2) is 17.0 Å². The molecule has 2 nitrogen and oxygen atoms in total. The van der Waals surface area contributed by atoms with Crippen molar-refractivity contribution in [1.82, 2.24) is 0 Å². The molecule has 2 saturated carbocycles. The Labute approximate surface area is 133 Å². The number of carbonyl (C=O) groups is 1. The minimum absolute atomic E-state index is 0.0654. The van der Waals surface area contributed by atoms with Crippen LogP contribution in [0.5, 0.6) is 0 Å². The minimum atomic E-state index is -0.274. The lowest BCUT2D eigenvalue weighted by atomic mass is 9.46. The summed E-state index contributed by atoms with van der Waals surface area (Å²) in [4.78, 5) is 11.8. The molecule has 0 aromatic heterocycles. The molecule has 0 amide bonds. The monoisotopic (exact) mass is 300 g/mol. The molecule has 0 spiro atoms. The molecule has 0 aromatic rings. The summed E-state index contributed by atoms with van der Waals surface area (Å²) in [6.45, 7) is 4.69. The summed E-state index contributed by atoms with van der Waals surface area (Å²) < 4.78 is 0. The third kappa shape index (κ3) is 1.99. The molecular formula is C20H28O2. The number of aliphatic hydroxyl groups is 1. The molecule has 4 aliphatic carbocycles. The fraction of sp³-hybridized carbons (Fsp3) is 0.750. The Hall–Kier alpha value is -0.890. The summed E-state index contributed by atoms with van der Waals surface area (Å²) >= 11 is 0. The fourth-order valence-electron chi connectivity index (χ4n) is 6.33. The highest BCUT2D eigenvalue weighted by Gasteiger charge is 2.55. The van der Waals surface area contributed by atoms with E-state index in [1.54, 1.807) is 0 Å². The fourth-order valence-corrected chi connectivity index (χ4v) is 6.33. The van der Waals surface area contributed by atoms with Gasteiger partial charge in [0.1, 0.15) is 0 Å². The van der Waals surface area contributed by atoms with Crippen molar-refractivity contribution < 1.29 is 9.90 Å². The number of hydrogen-bond acceptors (Lipinski definition) is 2. The number of rotatable bonds is 0. The van der Waals surface area contributed by atoms with Gasteiger partial charge in [0.25, 0.3) is 0 Å². The molecular weight excluding hydrogens is 272 g/mol. The van der Waals surface area contributed by atoms with E-state index in [1.165, 1.54) is 12.0 Å². The Morgan fingerprint density at radius 3 is 2.95 bits per heavy atom. The molecule has 0 bridgehead atoms. The quantitative estimate of drug-likeness (QED) is 0.689. The van der Waals surface area contributed by atoms with Crippen molar-refractivity contribution in [2.24, 2.45) is 35.0 Å². The van der Waals surface area contributed by atoms with Gasteiger partial charge < -0.3 is 5.11 Å². The summed E-state index contributed by atoms with van der Waals surface area (Å²) in [5, 5.41) is 10.6. The number of carbonyl (C=O) groups excluding carboxylic acids is 1. The van der Waals surface area contributed by atoms with Crippen molar-refractivity contribution in [2.75, 3.05) is 0 Å². The van der Waals surface area contributed by atoms with E-state index in [0.717, 1.165) is 38.0 Å². The highest BCUT2D eigenvalue weighted by atomic mass is 16.3. The maximum absolute atomic E-state index is 11.8. The second kappa shape index (κ2) is 5.06. The van der Waals surface area contributed by atoms with E-state index in [1.807, 2.05) is 12.2 Å². The molecule has 4 rings (SSSR count). The zero-order valence-electron chi connectivity index (χ0n) is 13.8. The second-order valence-corrected chi connectivity index (χ2v) is 8.51. The number of ketones is 1. The number of hydrogen-bond donors (Lipinski definition) is 1. The van der Waals surface area contributed by atoms with Crippen LogP contribution >= 0.6 is 0 Å². The molecule has 0 heterocycles. The van der Waals surface area contributed by atoms with E-state index in [9.17, 15) is 9.90 Å². The number of fused-ring (bicyclic) bond motifs is 5. The van der Waals surface area contributed by atoms with Crippen LogP contribution in [0.4, 0.5) is 0 Å². The molecule has 1 N–H and O–H groups in total. The van der Waals surface area contributed by atoms with Gasteiger partial charge >= 0.3 is 0 Å². The van der Waals surface area contributed by atoms with Crippen molar-refractivity contribution in [2.45, 2.75) is 58.5 Å². The average Bonchev–Trinajstić information content (AvgIpc) is 2.48. The molecule has 6 unspecified atom stereocenters. The first kappa shape index (κ1) is 14.7. The number of aliphatic hydroxyl groups excluding tert-OH is 1. The van der Waals surface area contributed by atoms with Crippen LogP contribution in [0, 0.1) is 35.0 Å². The SMILES string of the molecule is C[C@@H]1CC2=CC(=O)CCC2C2CCC3(C)C(O)C=CCC3C21.